The van der Waals surface area contributed by atoms with Crippen LogP contribution in [-0.4, -0.2) is 36.8 Å². The Hall–Kier alpha value is -3.28. The summed E-state index contributed by atoms with van der Waals surface area (Å²) < 4.78 is 15.7. The lowest BCUT2D eigenvalue weighted by Gasteiger charge is -2.09. The molecular formula is C20H20N2O4. The van der Waals surface area contributed by atoms with Crippen molar-refractivity contribution >= 4 is 29.2 Å². The van der Waals surface area contributed by atoms with Gasteiger partial charge in [-0.3, -0.25) is 0 Å². The summed E-state index contributed by atoms with van der Waals surface area (Å²) in [6.07, 6.45) is 3.76. The number of hydrogen-bond acceptors (Lipinski definition) is 5. The zero-order valence-electron chi connectivity index (χ0n) is 14.9. The maximum Gasteiger partial charge on any atom is 0.340 e. The van der Waals surface area contributed by atoms with Crippen molar-refractivity contribution in [3.05, 3.63) is 53.3 Å². The van der Waals surface area contributed by atoms with E-state index in [4.69, 9.17) is 14.2 Å². The van der Waals surface area contributed by atoms with Crippen molar-refractivity contribution in [2.75, 3.05) is 20.8 Å². The van der Waals surface area contributed by atoms with Crippen LogP contribution < -0.4 is 9.47 Å². The predicted molar refractivity (Wildman–Crippen MR) is 101 cm³/mol. The number of carbonyl (C=O) groups is 1. The van der Waals surface area contributed by atoms with Gasteiger partial charge < -0.3 is 19.2 Å². The molecule has 0 radical (unpaired) electrons. The van der Waals surface area contributed by atoms with Gasteiger partial charge in [-0.1, -0.05) is 18.2 Å². The van der Waals surface area contributed by atoms with Crippen LogP contribution in [-0.2, 0) is 4.74 Å². The molecule has 1 aromatic heterocycles. The number of fused-ring (bicyclic) bond motifs is 1. The maximum absolute atomic E-state index is 11.9. The van der Waals surface area contributed by atoms with Gasteiger partial charge in [-0.05, 0) is 42.8 Å². The van der Waals surface area contributed by atoms with Crippen LogP contribution in [0.1, 0.15) is 28.7 Å². The second-order valence-corrected chi connectivity index (χ2v) is 5.49. The van der Waals surface area contributed by atoms with Gasteiger partial charge in [0.25, 0.3) is 0 Å². The number of H-pyrrole nitrogens is 1. The van der Waals surface area contributed by atoms with Gasteiger partial charge in [0.15, 0.2) is 11.5 Å². The number of methoxy groups -OCH3 is 2. The zero-order chi connectivity index (χ0) is 18.5. The van der Waals surface area contributed by atoms with Crippen LogP contribution in [0.25, 0.3) is 23.2 Å². The molecule has 0 aliphatic carbocycles. The van der Waals surface area contributed by atoms with Crippen molar-refractivity contribution in [1.82, 2.24) is 9.97 Å². The fourth-order valence-corrected chi connectivity index (χ4v) is 2.65. The molecule has 3 aromatic rings. The first-order valence-electron chi connectivity index (χ1n) is 8.22. The Kier molecular flexibility index (Phi) is 5.22. The molecule has 0 amide bonds. The van der Waals surface area contributed by atoms with Crippen molar-refractivity contribution in [3.63, 3.8) is 0 Å². The zero-order valence-corrected chi connectivity index (χ0v) is 14.9. The van der Waals surface area contributed by atoms with Gasteiger partial charge in [-0.2, -0.15) is 0 Å². The number of hydrogen-bond donors (Lipinski definition) is 1. The SMILES string of the molecule is CCOc1cc(C=Cc2nc3c(C(=O)OC)cccc3[nH]2)ccc1OC. The quantitative estimate of drug-likeness (QED) is 0.681. The third-order valence-electron chi connectivity index (χ3n) is 3.86. The fourth-order valence-electron chi connectivity index (χ4n) is 2.65. The lowest BCUT2D eigenvalue weighted by atomic mass is 10.2. The van der Waals surface area contributed by atoms with E-state index < -0.39 is 5.97 Å². The van der Waals surface area contributed by atoms with Gasteiger partial charge in [0.2, 0.25) is 0 Å². The molecule has 0 spiro atoms. The summed E-state index contributed by atoms with van der Waals surface area (Å²) in [7, 11) is 2.97. The number of nitrogens with zero attached hydrogens (tertiary/aromatic N) is 1. The maximum atomic E-state index is 11.9. The number of benzene rings is 2. The molecule has 2 aromatic carbocycles. The van der Waals surface area contributed by atoms with E-state index in [-0.39, 0.29) is 0 Å². The van der Waals surface area contributed by atoms with Crippen molar-refractivity contribution in [3.8, 4) is 11.5 Å². The number of aromatic amines is 1. The molecule has 26 heavy (non-hydrogen) atoms. The minimum atomic E-state index is -0.408. The highest BCUT2D eigenvalue weighted by atomic mass is 16.5. The number of nitrogens with one attached hydrogen (secondary N) is 1. The van der Waals surface area contributed by atoms with Crippen molar-refractivity contribution < 1.29 is 19.0 Å². The Bertz CT molecular complexity index is 960. The lowest BCUT2D eigenvalue weighted by Crippen LogP contribution is -2.01. The number of esters is 1. The normalized spacial score (nSPS) is 11.0. The molecule has 0 saturated carbocycles. The number of aromatic nitrogens is 2. The highest BCUT2D eigenvalue weighted by Crippen LogP contribution is 2.28. The summed E-state index contributed by atoms with van der Waals surface area (Å²) in [5, 5.41) is 0. The first-order chi connectivity index (χ1) is 12.7. The largest absolute Gasteiger partial charge is 0.493 e. The topological polar surface area (TPSA) is 73.4 Å². The van der Waals surface area contributed by atoms with Crippen LogP contribution >= 0.6 is 0 Å². The molecule has 0 aliphatic rings. The van der Waals surface area contributed by atoms with E-state index in [0.717, 1.165) is 11.1 Å². The summed E-state index contributed by atoms with van der Waals surface area (Å²) in [5.41, 5.74) is 2.74. The van der Waals surface area contributed by atoms with Crippen LogP contribution in [0.15, 0.2) is 36.4 Å². The van der Waals surface area contributed by atoms with Crippen molar-refractivity contribution in [2.24, 2.45) is 0 Å². The van der Waals surface area contributed by atoms with Gasteiger partial charge in [0, 0.05) is 0 Å². The average molecular weight is 352 g/mol. The molecule has 6 nitrogen and oxygen atoms in total. The molecule has 1 N–H and O–H groups in total. The fraction of sp³-hybridized carbons (Fsp3) is 0.200. The Morgan fingerprint density at radius 1 is 1.15 bits per heavy atom. The van der Waals surface area contributed by atoms with Crippen LogP contribution in [0.2, 0.25) is 0 Å². The molecule has 3 rings (SSSR count). The van der Waals surface area contributed by atoms with Gasteiger partial charge in [0.1, 0.15) is 11.3 Å². The smallest absolute Gasteiger partial charge is 0.340 e. The molecule has 0 aliphatic heterocycles. The van der Waals surface area contributed by atoms with Gasteiger partial charge in [0.05, 0.1) is 31.9 Å². The molecular weight excluding hydrogens is 332 g/mol. The Morgan fingerprint density at radius 3 is 2.73 bits per heavy atom. The number of imidazole rings is 1. The molecule has 134 valence electrons. The third kappa shape index (κ3) is 3.54. The molecule has 0 atom stereocenters. The first kappa shape index (κ1) is 17.5. The molecule has 0 bridgehead atoms. The van der Waals surface area contributed by atoms with Crippen LogP contribution in [0.4, 0.5) is 0 Å². The van der Waals surface area contributed by atoms with E-state index in [0.29, 0.717) is 35.0 Å². The summed E-state index contributed by atoms with van der Waals surface area (Å²) in [4.78, 5) is 19.5. The second kappa shape index (κ2) is 7.74. The van der Waals surface area contributed by atoms with Gasteiger partial charge in [-0.15, -0.1) is 0 Å². The van der Waals surface area contributed by atoms with E-state index in [1.807, 2.05) is 43.3 Å². The van der Waals surface area contributed by atoms with Crippen LogP contribution in [0.3, 0.4) is 0 Å². The van der Waals surface area contributed by atoms with E-state index in [1.165, 1.54) is 7.11 Å². The Labute approximate surface area is 151 Å². The van der Waals surface area contributed by atoms with E-state index in [1.54, 1.807) is 19.2 Å². The summed E-state index contributed by atoms with van der Waals surface area (Å²) in [6, 6.07) is 11.0. The predicted octanol–water partition coefficient (Wildman–Crippen LogP) is 3.93. The van der Waals surface area contributed by atoms with E-state index >= 15 is 0 Å². The van der Waals surface area contributed by atoms with E-state index in [2.05, 4.69) is 9.97 Å². The Balaban J connectivity index is 1.91. The first-order valence-corrected chi connectivity index (χ1v) is 8.22. The second-order valence-electron chi connectivity index (χ2n) is 5.49. The minimum absolute atomic E-state index is 0.408. The van der Waals surface area contributed by atoms with Crippen molar-refractivity contribution in [1.29, 1.82) is 0 Å². The van der Waals surface area contributed by atoms with Crippen LogP contribution in [0.5, 0.6) is 11.5 Å². The average Bonchev–Trinajstić information content (AvgIpc) is 3.09. The van der Waals surface area contributed by atoms with Gasteiger partial charge in [-0.25, -0.2) is 9.78 Å². The highest BCUT2D eigenvalue weighted by Gasteiger charge is 2.13. The lowest BCUT2D eigenvalue weighted by molar-refractivity contribution is 0.0603. The summed E-state index contributed by atoms with van der Waals surface area (Å²) in [6.45, 7) is 2.48. The Morgan fingerprint density at radius 2 is 2.00 bits per heavy atom. The number of carbonyl (C=O) groups excluding carboxylic acids is 1. The monoisotopic (exact) mass is 352 g/mol. The molecule has 0 fully saturated rings. The third-order valence-corrected chi connectivity index (χ3v) is 3.86. The van der Waals surface area contributed by atoms with Crippen LogP contribution in [0, 0.1) is 0 Å². The molecule has 6 heteroatoms. The molecule has 1 heterocycles. The van der Waals surface area contributed by atoms with Gasteiger partial charge >= 0.3 is 5.97 Å². The number of para-hydroxylation sites is 1. The van der Waals surface area contributed by atoms with Crippen molar-refractivity contribution in [2.45, 2.75) is 6.92 Å². The van der Waals surface area contributed by atoms with E-state index in [9.17, 15) is 4.79 Å². The molecule has 0 saturated heterocycles. The summed E-state index contributed by atoms with van der Waals surface area (Å²) >= 11 is 0. The minimum Gasteiger partial charge on any atom is -0.493 e. The standard InChI is InChI=1S/C20H20N2O4/c1-4-26-17-12-13(8-10-16(17)24-2)9-11-18-21-15-7-5-6-14(19(15)22-18)20(23)25-3/h5-12H,4H2,1-3H3,(H,21,22). The summed E-state index contributed by atoms with van der Waals surface area (Å²) in [5.74, 6) is 1.62. The molecule has 0 unspecified atom stereocenters. The number of rotatable bonds is 6. The highest BCUT2D eigenvalue weighted by molar-refractivity contribution is 6.02. The number of ether oxygens (including phenoxy) is 3.